The molecule has 15 heavy (non-hydrogen) atoms. The maximum absolute atomic E-state index is 5.72. The van der Waals surface area contributed by atoms with Crippen LogP contribution in [0.5, 0.6) is 5.75 Å². The van der Waals surface area contributed by atoms with Gasteiger partial charge in [-0.05, 0) is 30.4 Å². The van der Waals surface area contributed by atoms with E-state index in [0.717, 1.165) is 18.8 Å². The van der Waals surface area contributed by atoms with Crippen LogP contribution >= 0.6 is 0 Å². The van der Waals surface area contributed by atoms with Crippen LogP contribution in [0.3, 0.4) is 0 Å². The van der Waals surface area contributed by atoms with E-state index in [0.29, 0.717) is 0 Å². The van der Waals surface area contributed by atoms with E-state index in [9.17, 15) is 0 Å². The third-order valence-corrected chi connectivity index (χ3v) is 2.56. The Labute approximate surface area is 90.7 Å². The summed E-state index contributed by atoms with van der Waals surface area (Å²) in [4.78, 5) is 0. The van der Waals surface area contributed by atoms with Crippen LogP contribution in [0.2, 0.25) is 0 Å². The summed E-state index contributed by atoms with van der Waals surface area (Å²) in [5, 5.41) is 2.50. The molecule has 0 aromatic heterocycles. The lowest BCUT2D eigenvalue weighted by Crippen LogP contribution is -1.95. The number of ether oxygens (including phenoxy) is 1. The van der Waals surface area contributed by atoms with Crippen LogP contribution in [-0.4, -0.2) is 6.61 Å². The van der Waals surface area contributed by atoms with Gasteiger partial charge in [-0.15, -0.1) is 0 Å². The quantitative estimate of drug-likeness (QED) is 0.729. The van der Waals surface area contributed by atoms with Crippen molar-refractivity contribution < 1.29 is 4.74 Å². The molecule has 0 fully saturated rings. The van der Waals surface area contributed by atoms with Crippen LogP contribution in [0.1, 0.15) is 18.9 Å². The van der Waals surface area contributed by atoms with E-state index in [1.165, 1.54) is 16.3 Å². The molecule has 0 heterocycles. The lowest BCUT2D eigenvalue weighted by atomic mass is 10.1. The van der Waals surface area contributed by atoms with Crippen LogP contribution in [0.4, 0.5) is 0 Å². The molecule has 2 aromatic carbocycles. The van der Waals surface area contributed by atoms with Gasteiger partial charge in [0.1, 0.15) is 5.75 Å². The first-order chi connectivity index (χ1) is 7.33. The molecule has 0 saturated heterocycles. The summed E-state index contributed by atoms with van der Waals surface area (Å²) < 4.78 is 5.72. The fourth-order valence-electron chi connectivity index (χ4n) is 1.76. The first-order valence-corrected chi connectivity index (χ1v) is 5.44. The molecule has 1 heteroatoms. The minimum absolute atomic E-state index is 0.785. The van der Waals surface area contributed by atoms with Gasteiger partial charge in [-0.25, -0.2) is 0 Å². The van der Waals surface area contributed by atoms with Gasteiger partial charge in [0.2, 0.25) is 0 Å². The Kier molecular flexibility index (Phi) is 2.91. The SMILES string of the molecule is CCCOc1ccc(C)c2ccccc12. The molecule has 2 rings (SSSR count). The van der Waals surface area contributed by atoms with Crippen molar-refractivity contribution in [3.8, 4) is 5.75 Å². The number of aryl methyl sites for hydroxylation is 1. The lowest BCUT2D eigenvalue weighted by Gasteiger charge is -2.09. The molecular weight excluding hydrogens is 184 g/mol. The Bertz CT molecular complexity index is 460. The second-order valence-electron chi connectivity index (χ2n) is 3.77. The molecule has 0 N–H and O–H groups in total. The number of hydrogen-bond acceptors (Lipinski definition) is 1. The van der Waals surface area contributed by atoms with Crippen molar-refractivity contribution in [3.05, 3.63) is 42.0 Å². The average molecular weight is 200 g/mol. The van der Waals surface area contributed by atoms with Crippen molar-refractivity contribution in [3.63, 3.8) is 0 Å². The Morgan fingerprint density at radius 3 is 2.47 bits per heavy atom. The zero-order valence-corrected chi connectivity index (χ0v) is 9.29. The molecule has 0 aliphatic carbocycles. The van der Waals surface area contributed by atoms with Crippen LogP contribution in [0.15, 0.2) is 36.4 Å². The zero-order chi connectivity index (χ0) is 10.7. The van der Waals surface area contributed by atoms with Crippen molar-refractivity contribution in [2.45, 2.75) is 20.3 Å². The summed E-state index contributed by atoms with van der Waals surface area (Å²) >= 11 is 0. The molecule has 78 valence electrons. The Morgan fingerprint density at radius 1 is 1.00 bits per heavy atom. The molecule has 1 nitrogen and oxygen atoms in total. The van der Waals surface area contributed by atoms with Gasteiger partial charge in [0, 0.05) is 5.39 Å². The number of hydrogen-bond donors (Lipinski definition) is 0. The average Bonchev–Trinajstić information content (AvgIpc) is 2.29. The van der Waals surface area contributed by atoms with Crippen molar-refractivity contribution in [1.29, 1.82) is 0 Å². The molecular formula is C14H16O. The van der Waals surface area contributed by atoms with Gasteiger partial charge in [-0.3, -0.25) is 0 Å². The zero-order valence-electron chi connectivity index (χ0n) is 9.29. The van der Waals surface area contributed by atoms with Gasteiger partial charge >= 0.3 is 0 Å². The van der Waals surface area contributed by atoms with Gasteiger partial charge in [0.25, 0.3) is 0 Å². The van der Waals surface area contributed by atoms with Gasteiger partial charge in [-0.2, -0.15) is 0 Å². The largest absolute Gasteiger partial charge is 0.493 e. The highest BCUT2D eigenvalue weighted by atomic mass is 16.5. The summed E-state index contributed by atoms with van der Waals surface area (Å²) in [6.45, 7) is 5.04. The second-order valence-corrected chi connectivity index (χ2v) is 3.77. The molecule has 0 radical (unpaired) electrons. The van der Waals surface area contributed by atoms with Gasteiger partial charge < -0.3 is 4.74 Å². The van der Waals surface area contributed by atoms with Gasteiger partial charge in [0.15, 0.2) is 0 Å². The molecule has 0 atom stereocenters. The maximum atomic E-state index is 5.72. The Balaban J connectivity index is 2.51. The Morgan fingerprint density at radius 2 is 1.73 bits per heavy atom. The third kappa shape index (κ3) is 1.96. The predicted octanol–water partition coefficient (Wildman–Crippen LogP) is 3.94. The lowest BCUT2D eigenvalue weighted by molar-refractivity contribution is 0.321. The predicted molar refractivity (Wildman–Crippen MR) is 64.5 cm³/mol. The summed E-state index contributed by atoms with van der Waals surface area (Å²) in [5.41, 5.74) is 1.30. The fourth-order valence-corrected chi connectivity index (χ4v) is 1.76. The molecule has 0 unspecified atom stereocenters. The first kappa shape index (κ1) is 10.0. The fraction of sp³-hybridized carbons (Fsp3) is 0.286. The standard InChI is InChI=1S/C14H16O/c1-3-10-15-14-9-8-11(2)12-6-4-5-7-13(12)14/h4-9H,3,10H2,1-2H3. The third-order valence-electron chi connectivity index (χ3n) is 2.56. The number of fused-ring (bicyclic) bond motifs is 1. The van der Waals surface area contributed by atoms with Crippen LogP contribution in [0, 0.1) is 6.92 Å². The van der Waals surface area contributed by atoms with Crippen LogP contribution < -0.4 is 4.74 Å². The summed E-state index contributed by atoms with van der Waals surface area (Å²) in [7, 11) is 0. The highest BCUT2D eigenvalue weighted by molar-refractivity contribution is 5.90. The molecule has 0 amide bonds. The van der Waals surface area contributed by atoms with Crippen LogP contribution in [-0.2, 0) is 0 Å². The number of benzene rings is 2. The molecule has 0 aliphatic rings. The van der Waals surface area contributed by atoms with E-state index >= 15 is 0 Å². The molecule has 0 spiro atoms. The molecule has 0 aliphatic heterocycles. The van der Waals surface area contributed by atoms with E-state index in [4.69, 9.17) is 4.74 Å². The Hall–Kier alpha value is -1.50. The summed E-state index contributed by atoms with van der Waals surface area (Å²) in [6.07, 6.45) is 1.04. The van der Waals surface area contributed by atoms with Gasteiger partial charge in [-0.1, -0.05) is 37.3 Å². The van der Waals surface area contributed by atoms with E-state index in [1.54, 1.807) is 0 Å². The molecule has 0 saturated carbocycles. The van der Waals surface area contributed by atoms with Gasteiger partial charge in [0.05, 0.1) is 6.61 Å². The monoisotopic (exact) mass is 200 g/mol. The van der Waals surface area contributed by atoms with Crippen molar-refractivity contribution in [1.82, 2.24) is 0 Å². The van der Waals surface area contributed by atoms with Crippen LogP contribution in [0.25, 0.3) is 10.8 Å². The van der Waals surface area contributed by atoms with E-state index < -0.39 is 0 Å². The summed E-state index contributed by atoms with van der Waals surface area (Å²) in [6, 6.07) is 12.6. The van der Waals surface area contributed by atoms with Crippen molar-refractivity contribution in [2.75, 3.05) is 6.61 Å². The second kappa shape index (κ2) is 4.35. The normalized spacial score (nSPS) is 10.5. The van der Waals surface area contributed by atoms with E-state index in [1.807, 2.05) is 0 Å². The van der Waals surface area contributed by atoms with E-state index in [2.05, 4.69) is 50.2 Å². The van der Waals surface area contributed by atoms with Crippen molar-refractivity contribution in [2.24, 2.45) is 0 Å². The first-order valence-electron chi connectivity index (χ1n) is 5.44. The maximum Gasteiger partial charge on any atom is 0.127 e. The number of rotatable bonds is 3. The highest BCUT2D eigenvalue weighted by Gasteiger charge is 2.02. The molecule has 2 aromatic rings. The minimum atomic E-state index is 0.785. The van der Waals surface area contributed by atoms with Crippen molar-refractivity contribution >= 4 is 10.8 Å². The topological polar surface area (TPSA) is 9.23 Å². The summed E-state index contributed by atoms with van der Waals surface area (Å²) in [5.74, 6) is 0.998. The minimum Gasteiger partial charge on any atom is -0.493 e. The smallest absolute Gasteiger partial charge is 0.127 e. The van der Waals surface area contributed by atoms with E-state index in [-0.39, 0.29) is 0 Å². The molecule has 0 bridgehead atoms. The highest BCUT2D eigenvalue weighted by Crippen LogP contribution is 2.28.